The number of anilines is 1. The van der Waals surface area contributed by atoms with E-state index in [1.807, 2.05) is 31.2 Å². The van der Waals surface area contributed by atoms with Crippen molar-refractivity contribution in [1.29, 1.82) is 0 Å². The number of benzene rings is 1. The summed E-state index contributed by atoms with van der Waals surface area (Å²) in [6.45, 7) is 1.98. The van der Waals surface area contributed by atoms with Gasteiger partial charge in [0.05, 0.1) is 11.8 Å². The Hall–Kier alpha value is -1.94. The molecule has 2 heterocycles. The van der Waals surface area contributed by atoms with E-state index in [1.165, 1.54) is 0 Å². The van der Waals surface area contributed by atoms with Crippen molar-refractivity contribution >= 4 is 23.2 Å². The fourth-order valence-electron chi connectivity index (χ4n) is 2.70. The number of carbonyl (C=O) groups is 1. The van der Waals surface area contributed by atoms with Gasteiger partial charge in [0.15, 0.2) is 0 Å². The van der Waals surface area contributed by atoms with E-state index in [2.05, 4.69) is 4.98 Å². The number of hydrogen-bond acceptors (Lipinski definition) is 2. The lowest BCUT2D eigenvalue weighted by Crippen LogP contribution is -2.42. The normalized spacial score (nSPS) is 17.5. The van der Waals surface area contributed by atoms with Crippen molar-refractivity contribution in [2.75, 3.05) is 4.90 Å². The lowest BCUT2D eigenvalue weighted by molar-refractivity contribution is 0.0974. The van der Waals surface area contributed by atoms with E-state index in [0.717, 1.165) is 36.4 Å². The number of para-hydroxylation sites is 1. The number of amides is 1. The Morgan fingerprint density at radius 3 is 3.00 bits per heavy atom. The number of aromatic nitrogens is 1. The zero-order valence-corrected chi connectivity index (χ0v) is 12.3. The summed E-state index contributed by atoms with van der Waals surface area (Å²) in [5, 5.41) is 0.0247. The molecule has 1 atom stereocenters. The van der Waals surface area contributed by atoms with Crippen molar-refractivity contribution in [3.8, 4) is 0 Å². The van der Waals surface area contributed by atoms with E-state index in [-0.39, 0.29) is 22.7 Å². The summed E-state index contributed by atoms with van der Waals surface area (Å²) in [5.74, 6) is -0.882. The third kappa shape index (κ3) is 2.51. The van der Waals surface area contributed by atoms with Gasteiger partial charge in [0.1, 0.15) is 11.0 Å². The first-order valence-corrected chi connectivity index (χ1v) is 7.18. The fourth-order valence-corrected chi connectivity index (χ4v) is 2.88. The lowest BCUT2D eigenvalue weighted by Gasteiger charge is -2.35. The Bertz CT molecular complexity index is 704. The zero-order valence-electron chi connectivity index (χ0n) is 11.5. The predicted octanol–water partition coefficient (Wildman–Crippen LogP) is 3.86. The number of pyridine rings is 1. The molecule has 108 valence electrons. The summed E-state index contributed by atoms with van der Waals surface area (Å²) in [6.07, 6.45) is 2.80. The number of fused-ring (bicyclic) bond motifs is 1. The standard InChI is InChI=1S/C16H14ClFN2O/c1-10-6-7-11-4-2-3-5-14(11)20(10)16(21)13-8-12(18)9-19-15(13)17/h2-5,8-10H,6-7H2,1H3. The molecule has 2 aromatic rings. The Balaban J connectivity index is 2.07. The second kappa shape index (κ2) is 5.45. The van der Waals surface area contributed by atoms with Gasteiger partial charge < -0.3 is 4.90 Å². The quantitative estimate of drug-likeness (QED) is 0.750. The molecule has 0 N–H and O–H groups in total. The molecular weight excluding hydrogens is 291 g/mol. The minimum Gasteiger partial charge on any atom is -0.305 e. The summed E-state index contributed by atoms with van der Waals surface area (Å²) in [5.41, 5.74) is 2.08. The van der Waals surface area contributed by atoms with Gasteiger partial charge in [0, 0.05) is 11.7 Å². The second-order valence-electron chi connectivity index (χ2n) is 5.18. The molecule has 1 aliphatic heterocycles. The van der Waals surface area contributed by atoms with Crippen LogP contribution in [0, 0.1) is 5.82 Å². The molecule has 0 fully saturated rings. The molecule has 3 nitrogen and oxygen atoms in total. The van der Waals surface area contributed by atoms with Gasteiger partial charge >= 0.3 is 0 Å². The Morgan fingerprint density at radius 1 is 1.43 bits per heavy atom. The maximum Gasteiger partial charge on any atom is 0.261 e. The van der Waals surface area contributed by atoms with Crippen molar-refractivity contribution in [2.45, 2.75) is 25.8 Å². The molecule has 0 saturated carbocycles. The van der Waals surface area contributed by atoms with E-state index < -0.39 is 5.82 Å². The SMILES string of the molecule is CC1CCc2ccccc2N1C(=O)c1cc(F)cnc1Cl. The van der Waals surface area contributed by atoms with E-state index in [9.17, 15) is 9.18 Å². The van der Waals surface area contributed by atoms with Crippen LogP contribution in [-0.4, -0.2) is 16.9 Å². The highest BCUT2D eigenvalue weighted by molar-refractivity contribution is 6.33. The largest absolute Gasteiger partial charge is 0.305 e. The van der Waals surface area contributed by atoms with Gasteiger partial charge in [-0.25, -0.2) is 9.37 Å². The molecule has 3 rings (SSSR count). The molecule has 0 radical (unpaired) electrons. The minimum atomic E-state index is -0.569. The molecule has 21 heavy (non-hydrogen) atoms. The van der Waals surface area contributed by atoms with Crippen LogP contribution in [0.1, 0.15) is 29.3 Å². The first kappa shape index (κ1) is 14.0. The predicted molar refractivity (Wildman–Crippen MR) is 80.2 cm³/mol. The molecule has 0 saturated heterocycles. The van der Waals surface area contributed by atoms with E-state index in [4.69, 9.17) is 11.6 Å². The molecule has 1 aliphatic rings. The van der Waals surface area contributed by atoms with E-state index in [1.54, 1.807) is 4.90 Å². The summed E-state index contributed by atoms with van der Waals surface area (Å²) >= 11 is 5.96. The first-order chi connectivity index (χ1) is 10.1. The van der Waals surface area contributed by atoms with Gasteiger partial charge in [-0.3, -0.25) is 4.79 Å². The lowest BCUT2D eigenvalue weighted by atomic mass is 9.96. The highest BCUT2D eigenvalue weighted by Gasteiger charge is 2.30. The van der Waals surface area contributed by atoms with Crippen molar-refractivity contribution < 1.29 is 9.18 Å². The van der Waals surface area contributed by atoms with Crippen LogP contribution in [-0.2, 0) is 6.42 Å². The molecule has 1 amide bonds. The van der Waals surface area contributed by atoms with Gasteiger partial charge in [-0.15, -0.1) is 0 Å². The third-order valence-electron chi connectivity index (χ3n) is 3.78. The average molecular weight is 305 g/mol. The summed E-state index contributed by atoms with van der Waals surface area (Å²) < 4.78 is 13.4. The third-order valence-corrected chi connectivity index (χ3v) is 4.08. The van der Waals surface area contributed by atoms with Crippen molar-refractivity contribution in [2.24, 2.45) is 0 Å². The number of aryl methyl sites for hydroxylation is 1. The molecule has 0 aliphatic carbocycles. The van der Waals surface area contributed by atoms with Crippen molar-refractivity contribution in [3.63, 3.8) is 0 Å². The topological polar surface area (TPSA) is 33.2 Å². The molecule has 1 aromatic heterocycles. The van der Waals surface area contributed by atoms with Crippen LogP contribution in [0.2, 0.25) is 5.15 Å². The van der Waals surface area contributed by atoms with Crippen LogP contribution < -0.4 is 4.90 Å². The molecule has 1 unspecified atom stereocenters. The first-order valence-electron chi connectivity index (χ1n) is 6.80. The minimum absolute atomic E-state index is 0.0247. The van der Waals surface area contributed by atoms with Crippen LogP contribution >= 0.6 is 11.6 Å². The molecule has 0 spiro atoms. The second-order valence-corrected chi connectivity index (χ2v) is 5.54. The molecule has 0 bridgehead atoms. The summed E-state index contributed by atoms with van der Waals surface area (Å²) in [6, 6.07) is 8.93. The maximum atomic E-state index is 13.4. The smallest absolute Gasteiger partial charge is 0.261 e. The highest BCUT2D eigenvalue weighted by atomic mass is 35.5. The van der Waals surface area contributed by atoms with Crippen LogP contribution in [0.4, 0.5) is 10.1 Å². The maximum absolute atomic E-state index is 13.4. The summed E-state index contributed by atoms with van der Waals surface area (Å²) in [7, 11) is 0. The molecular formula is C16H14ClFN2O. The van der Waals surface area contributed by atoms with E-state index in [0.29, 0.717) is 0 Å². The molecule has 5 heteroatoms. The number of rotatable bonds is 1. The Labute approximate surface area is 127 Å². The summed E-state index contributed by atoms with van der Waals surface area (Å²) in [4.78, 5) is 18.2. The fraction of sp³-hybridized carbons (Fsp3) is 0.250. The van der Waals surface area contributed by atoms with Crippen molar-refractivity contribution in [3.05, 3.63) is 58.6 Å². The Kier molecular flexibility index (Phi) is 3.64. The van der Waals surface area contributed by atoms with Crippen LogP contribution in [0.25, 0.3) is 0 Å². The number of halogens is 2. The van der Waals surface area contributed by atoms with Gasteiger partial charge in [0.2, 0.25) is 0 Å². The van der Waals surface area contributed by atoms with Crippen LogP contribution in [0.15, 0.2) is 36.5 Å². The van der Waals surface area contributed by atoms with E-state index >= 15 is 0 Å². The number of carbonyl (C=O) groups excluding carboxylic acids is 1. The van der Waals surface area contributed by atoms with Crippen molar-refractivity contribution in [1.82, 2.24) is 4.98 Å². The van der Waals surface area contributed by atoms with Gasteiger partial charge in [-0.1, -0.05) is 29.8 Å². The highest BCUT2D eigenvalue weighted by Crippen LogP contribution is 2.32. The van der Waals surface area contributed by atoms with Gasteiger partial charge in [-0.05, 0) is 37.5 Å². The van der Waals surface area contributed by atoms with Gasteiger partial charge in [0.25, 0.3) is 5.91 Å². The molecule has 1 aromatic carbocycles. The van der Waals surface area contributed by atoms with Gasteiger partial charge in [-0.2, -0.15) is 0 Å². The number of hydrogen-bond donors (Lipinski definition) is 0. The zero-order chi connectivity index (χ0) is 15.0. The Morgan fingerprint density at radius 2 is 2.19 bits per heavy atom. The average Bonchev–Trinajstić information content (AvgIpc) is 2.49. The monoisotopic (exact) mass is 304 g/mol. The van der Waals surface area contributed by atoms with Crippen LogP contribution in [0.3, 0.4) is 0 Å². The number of nitrogens with zero attached hydrogens (tertiary/aromatic N) is 2. The van der Waals surface area contributed by atoms with Crippen LogP contribution in [0.5, 0.6) is 0 Å².